The molecule has 0 spiro atoms. The van der Waals surface area contributed by atoms with Gasteiger partial charge < -0.3 is 4.74 Å². The summed E-state index contributed by atoms with van der Waals surface area (Å²) in [7, 11) is 1.54. The number of ether oxygens (including phenoxy) is 1. The Morgan fingerprint density at radius 1 is 1.40 bits per heavy atom. The lowest BCUT2D eigenvalue weighted by Crippen LogP contribution is -2.18. The van der Waals surface area contributed by atoms with Gasteiger partial charge in [0.25, 0.3) is 5.92 Å². The molecule has 1 unspecified atom stereocenters. The van der Waals surface area contributed by atoms with Gasteiger partial charge in [0.05, 0.1) is 7.11 Å². The molecule has 0 fully saturated rings. The summed E-state index contributed by atoms with van der Waals surface area (Å²) >= 11 is 1.71. The second-order valence-corrected chi connectivity index (χ2v) is 4.26. The molecule has 0 aliphatic heterocycles. The molecule has 1 aromatic rings. The fourth-order valence-corrected chi connectivity index (χ4v) is 1.77. The molecule has 0 amide bonds. The van der Waals surface area contributed by atoms with E-state index < -0.39 is 9.85 Å². The summed E-state index contributed by atoms with van der Waals surface area (Å²) in [6, 6.07) is 6.60. The van der Waals surface area contributed by atoms with Gasteiger partial charge in [-0.05, 0) is 23.8 Å². The molecule has 1 aromatic carbocycles. The van der Waals surface area contributed by atoms with Crippen LogP contribution in [0.2, 0.25) is 0 Å². The Morgan fingerprint density at radius 3 is 2.33 bits per heavy atom. The van der Waals surface area contributed by atoms with Crippen molar-refractivity contribution >= 4 is 22.6 Å². The monoisotopic (exact) mass is 324 g/mol. The maximum Gasteiger partial charge on any atom is 0.281 e. The van der Waals surface area contributed by atoms with Gasteiger partial charge in [0.2, 0.25) is 0 Å². The fourth-order valence-electron chi connectivity index (χ4n) is 1.10. The van der Waals surface area contributed by atoms with Gasteiger partial charge in [0, 0.05) is 0 Å². The van der Waals surface area contributed by atoms with Gasteiger partial charge in [-0.2, -0.15) is 0 Å². The molecule has 0 N–H and O–H groups in total. The zero-order valence-corrected chi connectivity index (χ0v) is 10.4. The zero-order chi connectivity index (χ0) is 11.5. The van der Waals surface area contributed by atoms with E-state index in [1.165, 1.54) is 7.11 Å². The van der Waals surface area contributed by atoms with Crippen LogP contribution in [0.5, 0.6) is 5.75 Å². The van der Waals surface area contributed by atoms with E-state index in [4.69, 9.17) is 4.74 Å². The molecule has 0 aliphatic carbocycles. The van der Waals surface area contributed by atoms with Crippen molar-refractivity contribution in [2.45, 2.75) is 9.85 Å². The largest absolute Gasteiger partial charge is 0.497 e. The Morgan fingerprint density at radius 2 is 1.93 bits per heavy atom. The molecule has 1 nitrogen and oxygen atoms in total. The maximum absolute atomic E-state index is 13.3. The van der Waals surface area contributed by atoms with Crippen LogP contribution in [0.1, 0.15) is 9.49 Å². The van der Waals surface area contributed by atoms with Gasteiger partial charge in [-0.3, -0.25) is 0 Å². The van der Waals surface area contributed by atoms with E-state index in [2.05, 4.69) is 6.58 Å². The van der Waals surface area contributed by atoms with E-state index in [1.54, 1.807) is 46.9 Å². The Balaban J connectivity index is 2.92. The summed E-state index contributed by atoms with van der Waals surface area (Å²) in [6.45, 7) is 3.13. The number of benzene rings is 1. The van der Waals surface area contributed by atoms with Gasteiger partial charge >= 0.3 is 0 Å². The maximum atomic E-state index is 13.3. The standard InChI is InChI=1S/C11H11F2IO/c1-3-11(12,13)10(14)8-4-6-9(15-2)7-5-8/h3-7,10H,1H2,2H3. The van der Waals surface area contributed by atoms with Crippen LogP contribution in [0.15, 0.2) is 36.9 Å². The van der Waals surface area contributed by atoms with E-state index >= 15 is 0 Å². The molecule has 0 aliphatic rings. The lowest BCUT2D eigenvalue weighted by atomic mass is 10.1. The zero-order valence-electron chi connectivity index (χ0n) is 8.21. The van der Waals surface area contributed by atoms with Crippen LogP contribution >= 0.6 is 22.6 Å². The first-order chi connectivity index (χ1) is 7.01. The van der Waals surface area contributed by atoms with E-state index in [9.17, 15) is 8.78 Å². The van der Waals surface area contributed by atoms with Crippen molar-refractivity contribution in [3.63, 3.8) is 0 Å². The number of allylic oxidation sites excluding steroid dienone is 1. The smallest absolute Gasteiger partial charge is 0.281 e. The molecule has 1 atom stereocenters. The van der Waals surface area contributed by atoms with Gasteiger partial charge in [0.15, 0.2) is 0 Å². The van der Waals surface area contributed by atoms with Crippen LogP contribution in [0.3, 0.4) is 0 Å². The molecule has 0 saturated carbocycles. The molecular weight excluding hydrogens is 313 g/mol. The minimum atomic E-state index is -2.89. The summed E-state index contributed by atoms with van der Waals surface area (Å²) in [5.41, 5.74) is 0.557. The van der Waals surface area contributed by atoms with Crippen molar-refractivity contribution in [2.75, 3.05) is 7.11 Å². The third kappa shape index (κ3) is 2.90. The van der Waals surface area contributed by atoms with Crippen molar-refractivity contribution in [3.8, 4) is 5.75 Å². The van der Waals surface area contributed by atoms with Gasteiger partial charge in [-0.25, -0.2) is 8.78 Å². The number of hydrogen-bond donors (Lipinski definition) is 0. The van der Waals surface area contributed by atoms with Crippen molar-refractivity contribution in [1.82, 2.24) is 0 Å². The van der Waals surface area contributed by atoms with Crippen molar-refractivity contribution in [2.24, 2.45) is 0 Å². The summed E-state index contributed by atoms with van der Waals surface area (Å²) in [5, 5.41) is 0. The molecule has 1 rings (SSSR count). The van der Waals surface area contributed by atoms with Crippen LogP contribution in [0.25, 0.3) is 0 Å². The number of methoxy groups -OCH3 is 1. The van der Waals surface area contributed by atoms with Crippen LogP contribution < -0.4 is 4.74 Å². The first-order valence-electron chi connectivity index (χ1n) is 4.30. The molecule has 4 heteroatoms. The predicted molar refractivity (Wildman–Crippen MR) is 64.9 cm³/mol. The highest BCUT2D eigenvalue weighted by Crippen LogP contribution is 2.40. The van der Waals surface area contributed by atoms with Gasteiger partial charge in [-0.15, -0.1) is 0 Å². The van der Waals surface area contributed by atoms with Crippen LogP contribution in [-0.2, 0) is 0 Å². The number of halogens is 3. The third-order valence-corrected chi connectivity index (χ3v) is 3.57. The Hall–Kier alpha value is -0.650. The first kappa shape index (κ1) is 12.4. The van der Waals surface area contributed by atoms with Crippen LogP contribution in [0.4, 0.5) is 8.78 Å². The summed E-state index contributed by atoms with van der Waals surface area (Å²) in [5.74, 6) is -2.24. The molecule has 0 aromatic heterocycles. The number of hydrogen-bond acceptors (Lipinski definition) is 1. The molecule has 0 bridgehead atoms. The predicted octanol–water partition coefficient (Wildman–Crippen LogP) is 3.99. The molecular formula is C11H11F2IO. The molecule has 15 heavy (non-hydrogen) atoms. The second kappa shape index (κ2) is 4.92. The van der Waals surface area contributed by atoms with Crippen molar-refractivity contribution in [1.29, 1.82) is 0 Å². The third-order valence-electron chi connectivity index (χ3n) is 2.02. The van der Waals surface area contributed by atoms with Crippen molar-refractivity contribution < 1.29 is 13.5 Å². The highest BCUT2D eigenvalue weighted by Gasteiger charge is 2.35. The minimum absolute atomic E-state index is 0.557. The van der Waals surface area contributed by atoms with E-state index in [1.807, 2.05) is 0 Å². The van der Waals surface area contributed by atoms with E-state index in [-0.39, 0.29) is 0 Å². The van der Waals surface area contributed by atoms with Crippen LogP contribution in [0, 0.1) is 0 Å². The Labute approximate surface area is 101 Å². The summed E-state index contributed by atoms with van der Waals surface area (Å²) in [4.78, 5) is 0. The Bertz CT molecular complexity index is 335. The molecule has 0 heterocycles. The van der Waals surface area contributed by atoms with E-state index in [0.717, 1.165) is 0 Å². The first-order valence-corrected chi connectivity index (χ1v) is 5.55. The highest BCUT2D eigenvalue weighted by molar-refractivity contribution is 14.1. The summed E-state index contributed by atoms with van der Waals surface area (Å²) in [6.07, 6.45) is 0.675. The van der Waals surface area contributed by atoms with E-state index in [0.29, 0.717) is 17.4 Å². The number of rotatable bonds is 4. The highest BCUT2D eigenvalue weighted by atomic mass is 127. The lowest BCUT2D eigenvalue weighted by Gasteiger charge is -2.18. The number of alkyl halides is 3. The quantitative estimate of drug-likeness (QED) is 0.462. The minimum Gasteiger partial charge on any atom is -0.497 e. The molecule has 0 saturated heterocycles. The Kier molecular flexibility index (Phi) is 4.07. The van der Waals surface area contributed by atoms with Crippen molar-refractivity contribution in [3.05, 3.63) is 42.5 Å². The van der Waals surface area contributed by atoms with Crippen LogP contribution in [-0.4, -0.2) is 13.0 Å². The van der Waals surface area contributed by atoms with Gasteiger partial charge in [0.1, 0.15) is 9.67 Å². The average Bonchev–Trinajstić information content (AvgIpc) is 2.28. The fraction of sp³-hybridized carbons (Fsp3) is 0.273. The lowest BCUT2D eigenvalue weighted by molar-refractivity contribution is 0.0578. The molecule has 82 valence electrons. The normalized spacial score (nSPS) is 13.3. The topological polar surface area (TPSA) is 9.23 Å². The SMILES string of the molecule is C=CC(F)(F)C(I)c1ccc(OC)cc1. The average molecular weight is 324 g/mol. The summed E-state index contributed by atoms with van der Waals surface area (Å²) < 4.78 is 30.6. The second-order valence-electron chi connectivity index (χ2n) is 3.01. The molecule has 0 radical (unpaired) electrons. The van der Waals surface area contributed by atoms with Gasteiger partial charge in [-0.1, -0.05) is 41.3 Å².